The number of carbonyl (C=O) groups excluding carboxylic acids is 2. The zero-order valence-corrected chi connectivity index (χ0v) is 13.9. The highest BCUT2D eigenvalue weighted by atomic mass is 32.1. The number of nitrogens with one attached hydrogen (secondary N) is 2. The van der Waals surface area contributed by atoms with Gasteiger partial charge in [-0.15, -0.1) is 11.3 Å². The molecule has 0 aliphatic carbocycles. The van der Waals surface area contributed by atoms with Gasteiger partial charge in [0.25, 0.3) is 0 Å². The van der Waals surface area contributed by atoms with Crippen LogP contribution in [0.3, 0.4) is 0 Å². The zero-order chi connectivity index (χ0) is 17.6. The molecule has 0 aliphatic heterocycles. The van der Waals surface area contributed by atoms with Gasteiger partial charge in [0.1, 0.15) is 5.82 Å². The van der Waals surface area contributed by atoms with E-state index >= 15 is 0 Å². The highest BCUT2D eigenvalue weighted by Gasteiger charge is 2.13. The van der Waals surface area contributed by atoms with E-state index in [4.69, 9.17) is 4.42 Å². The molecule has 0 saturated heterocycles. The van der Waals surface area contributed by atoms with Crippen LogP contribution in [-0.2, 0) is 22.7 Å². The molecule has 0 bridgehead atoms. The molecule has 0 radical (unpaired) electrons. The number of carbonyl (C=O) groups is 2. The van der Waals surface area contributed by atoms with Gasteiger partial charge in [-0.05, 0) is 40.8 Å². The Morgan fingerprint density at radius 3 is 2.40 bits per heavy atom. The van der Waals surface area contributed by atoms with Crippen LogP contribution in [0.2, 0.25) is 0 Å². The van der Waals surface area contributed by atoms with Crippen LogP contribution in [0.5, 0.6) is 0 Å². The molecular weight excluding hydrogens is 343 g/mol. The van der Waals surface area contributed by atoms with E-state index in [9.17, 15) is 14.0 Å². The third-order valence-corrected chi connectivity index (χ3v) is 4.44. The van der Waals surface area contributed by atoms with Gasteiger partial charge in [0.05, 0.1) is 19.1 Å². The SMILES string of the molecule is O=C(NCc1ccc(F)cc1)C(=O)NCc1cc(-c2ccoc2)cs1. The van der Waals surface area contributed by atoms with Crippen molar-refractivity contribution in [3.63, 3.8) is 0 Å². The van der Waals surface area contributed by atoms with E-state index in [-0.39, 0.29) is 18.9 Å². The second kappa shape index (κ2) is 7.76. The van der Waals surface area contributed by atoms with Gasteiger partial charge in [0, 0.05) is 17.0 Å². The second-order valence-electron chi connectivity index (χ2n) is 5.31. The first-order valence-electron chi connectivity index (χ1n) is 7.52. The summed E-state index contributed by atoms with van der Waals surface area (Å²) < 4.78 is 17.9. The maximum absolute atomic E-state index is 12.8. The van der Waals surface area contributed by atoms with Crippen LogP contribution in [0.4, 0.5) is 4.39 Å². The summed E-state index contributed by atoms with van der Waals surface area (Å²) in [6.07, 6.45) is 3.24. The average molecular weight is 358 g/mol. The number of benzene rings is 1. The smallest absolute Gasteiger partial charge is 0.309 e. The standard InChI is InChI=1S/C18H15FN2O3S/c19-15-3-1-12(2-4-15)8-20-17(22)18(23)21-9-16-7-14(11-25-16)13-5-6-24-10-13/h1-7,10-11H,8-9H2,(H,20,22)(H,21,23). The number of halogens is 1. The molecule has 2 N–H and O–H groups in total. The molecule has 7 heteroatoms. The van der Waals surface area contributed by atoms with Crippen LogP contribution in [0, 0.1) is 5.82 Å². The summed E-state index contributed by atoms with van der Waals surface area (Å²) in [5.74, 6) is -1.78. The van der Waals surface area contributed by atoms with E-state index in [1.165, 1.54) is 23.5 Å². The van der Waals surface area contributed by atoms with E-state index in [1.807, 2.05) is 17.5 Å². The van der Waals surface area contributed by atoms with Crippen LogP contribution in [0.1, 0.15) is 10.4 Å². The molecule has 25 heavy (non-hydrogen) atoms. The summed E-state index contributed by atoms with van der Waals surface area (Å²) >= 11 is 1.49. The Labute approximate surface area is 147 Å². The number of thiophene rings is 1. The molecular formula is C18H15FN2O3S. The first kappa shape index (κ1) is 16.9. The van der Waals surface area contributed by atoms with Crippen LogP contribution in [0.15, 0.2) is 58.7 Å². The van der Waals surface area contributed by atoms with Gasteiger partial charge in [-0.2, -0.15) is 0 Å². The van der Waals surface area contributed by atoms with Crippen molar-refractivity contribution in [3.8, 4) is 11.1 Å². The molecule has 0 fully saturated rings. The van der Waals surface area contributed by atoms with E-state index in [0.29, 0.717) is 5.56 Å². The van der Waals surface area contributed by atoms with Gasteiger partial charge in [-0.25, -0.2) is 4.39 Å². The van der Waals surface area contributed by atoms with Gasteiger partial charge in [-0.1, -0.05) is 12.1 Å². The van der Waals surface area contributed by atoms with Crippen molar-refractivity contribution in [2.24, 2.45) is 0 Å². The third kappa shape index (κ3) is 4.54. The Hall–Kier alpha value is -2.93. The average Bonchev–Trinajstić information content (AvgIpc) is 3.30. The Morgan fingerprint density at radius 1 is 1.00 bits per heavy atom. The highest BCUT2D eigenvalue weighted by molar-refractivity contribution is 7.10. The molecule has 0 aliphatic rings. The van der Waals surface area contributed by atoms with Crippen LogP contribution in [0.25, 0.3) is 11.1 Å². The number of rotatable bonds is 5. The minimum Gasteiger partial charge on any atom is -0.472 e. The first-order chi connectivity index (χ1) is 12.1. The fraction of sp³-hybridized carbons (Fsp3) is 0.111. The summed E-state index contributed by atoms with van der Waals surface area (Å²) in [6.45, 7) is 0.432. The van der Waals surface area contributed by atoms with Crippen molar-refractivity contribution in [1.29, 1.82) is 0 Å². The lowest BCUT2D eigenvalue weighted by Crippen LogP contribution is -2.39. The van der Waals surface area contributed by atoms with E-state index in [2.05, 4.69) is 10.6 Å². The maximum atomic E-state index is 12.8. The van der Waals surface area contributed by atoms with E-state index in [1.54, 1.807) is 24.7 Å². The lowest BCUT2D eigenvalue weighted by Gasteiger charge is -2.06. The largest absolute Gasteiger partial charge is 0.472 e. The molecule has 0 saturated carbocycles. The normalized spacial score (nSPS) is 10.4. The molecule has 2 aromatic heterocycles. The molecule has 3 aromatic rings. The minimum atomic E-state index is -0.726. The number of hydrogen-bond acceptors (Lipinski definition) is 4. The molecule has 5 nitrogen and oxygen atoms in total. The lowest BCUT2D eigenvalue weighted by atomic mass is 10.2. The van der Waals surface area contributed by atoms with Crippen molar-refractivity contribution >= 4 is 23.2 Å². The number of amides is 2. The van der Waals surface area contributed by atoms with Gasteiger partial charge < -0.3 is 15.1 Å². The quantitative estimate of drug-likeness (QED) is 0.689. The topological polar surface area (TPSA) is 71.3 Å². The van der Waals surface area contributed by atoms with Gasteiger partial charge in [0.15, 0.2) is 0 Å². The Kier molecular flexibility index (Phi) is 5.25. The molecule has 0 unspecified atom stereocenters. The lowest BCUT2D eigenvalue weighted by molar-refractivity contribution is -0.139. The summed E-state index contributed by atoms with van der Waals surface area (Å²) in [7, 11) is 0. The van der Waals surface area contributed by atoms with Crippen molar-refractivity contribution in [2.75, 3.05) is 0 Å². The molecule has 0 spiro atoms. The van der Waals surface area contributed by atoms with Crippen molar-refractivity contribution < 1.29 is 18.4 Å². The van der Waals surface area contributed by atoms with E-state index in [0.717, 1.165) is 16.0 Å². The summed E-state index contributed by atoms with van der Waals surface area (Å²) in [5, 5.41) is 7.04. The molecule has 3 rings (SSSR count). The Bertz CT molecular complexity index is 857. The molecule has 128 valence electrons. The Balaban J connectivity index is 1.47. The van der Waals surface area contributed by atoms with Crippen molar-refractivity contribution in [1.82, 2.24) is 10.6 Å². The predicted molar refractivity (Wildman–Crippen MR) is 92.1 cm³/mol. The minimum absolute atomic E-state index is 0.163. The van der Waals surface area contributed by atoms with Crippen LogP contribution in [-0.4, -0.2) is 11.8 Å². The molecule has 2 heterocycles. The zero-order valence-electron chi connectivity index (χ0n) is 13.1. The molecule has 0 atom stereocenters. The highest BCUT2D eigenvalue weighted by Crippen LogP contribution is 2.25. The number of furan rings is 1. The third-order valence-electron chi connectivity index (χ3n) is 3.50. The molecule has 1 aromatic carbocycles. The van der Waals surface area contributed by atoms with Gasteiger partial charge >= 0.3 is 11.8 Å². The molecule has 2 amide bonds. The fourth-order valence-corrected chi connectivity index (χ4v) is 3.00. The Morgan fingerprint density at radius 2 is 1.72 bits per heavy atom. The van der Waals surface area contributed by atoms with Gasteiger partial charge in [0.2, 0.25) is 0 Å². The van der Waals surface area contributed by atoms with Gasteiger partial charge in [-0.3, -0.25) is 9.59 Å². The van der Waals surface area contributed by atoms with Crippen molar-refractivity contribution in [3.05, 3.63) is 70.6 Å². The van der Waals surface area contributed by atoms with Crippen LogP contribution >= 0.6 is 11.3 Å². The maximum Gasteiger partial charge on any atom is 0.309 e. The predicted octanol–water partition coefficient (Wildman–Crippen LogP) is 3.08. The van der Waals surface area contributed by atoms with E-state index < -0.39 is 11.8 Å². The fourth-order valence-electron chi connectivity index (χ4n) is 2.17. The summed E-state index contributed by atoms with van der Waals surface area (Å²) in [6, 6.07) is 9.50. The monoisotopic (exact) mass is 358 g/mol. The van der Waals surface area contributed by atoms with Crippen molar-refractivity contribution in [2.45, 2.75) is 13.1 Å². The summed E-state index contributed by atoms with van der Waals surface area (Å²) in [4.78, 5) is 24.6. The second-order valence-corrected chi connectivity index (χ2v) is 6.30. The first-order valence-corrected chi connectivity index (χ1v) is 8.40. The number of hydrogen-bond donors (Lipinski definition) is 2. The van der Waals surface area contributed by atoms with Crippen LogP contribution < -0.4 is 10.6 Å². The summed E-state index contributed by atoms with van der Waals surface area (Å²) in [5.41, 5.74) is 2.68.